The number of amides is 1. The number of carboxylic acid groups (broad SMARTS) is 1. The van der Waals surface area contributed by atoms with Crippen molar-refractivity contribution in [3.63, 3.8) is 0 Å². The molecule has 2 aromatic rings. The van der Waals surface area contributed by atoms with Crippen LogP contribution in [0.1, 0.15) is 28.8 Å². The van der Waals surface area contributed by atoms with Crippen LogP contribution in [-0.4, -0.2) is 29.8 Å². The number of halogens is 1. The van der Waals surface area contributed by atoms with Crippen molar-refractivity contribution in [2.24, 2.45) is 16.9 Å². The highest BCUT2D eigenvalue weighted by Crippen LogP contribution is 2.37. The lowest BCUT2D eigenvalue weighted by Crippen LogP contribution is -2.45. The molecule has 1 aliphatic carbocycles. The minimum atomic E-state index is -1.04. The maximum atomic E-state index is 14.3. The lowest BCUT2D eigenvalue weighted by atomic mass is 9.76. The molecule has 4 rings (SSSR count). The zero-order valence-electron chi connectivity index (χ0n) is 15.7. The van der Waals surface area contributed by atoms with Crippen molar-refractivity contribution in [1.82, 2.24) is 0 Å². The van der Waals surface area contributed by atoms with Crippen molar-refractivity contribution in [3.05, 3.63) is 71.6 Å². The first kappa shape index (κ1) is 18.9. The van der Waals surface area contributed by atoms with E-state index in [1.807, 2.05) is 12.2 Å². The Morgan fingerprint density at radius 2 is 1.83 bits per heavy atom. The highest BCUT2D eigenvalue weighted by Gasteiger charge is 2.40. The third kappa shape index (κ3) is 3.40. The summed E-state index contributed by atoms with van der Waals surface area (Å²) in [5, 5.41) is 15.0. The molecular weight excluding hydrogens is 375 g/mol. The molecule has 7 heteroatoms. The number of aromatic carboxylic acids is 1. The summed E-state index contributed by atoms with van der Waals surface area (Å²) < 4.78 is 19.3. The molecule has 1 heterocycles. The number of hydrogen-bond acceptors (Lipinski definition) is 4. The van der Waals surface area contributed by atoms with Crippen LogP contribution < -0.4 is 9.75 Å². The van der Waals surface area contributed by atoms with Gasteiger partial charge in [-0.3, -0.25) is 4.79 Å². The normalized spacial score (nSPS) is 20.8. The SMILES string of the molecule is COc1ccc(C2=NN(c3ccc(C(=O)O)cc3)C(=O)[C@H]3CC=CC[C@@H]23)cc1F. The van der Waals surface area contributed by atoms with Gasteiger partial charge < -0.3 is 9.84 Å². The summed E-state index contributed by atoms with van der Waals surface area (Å²) >= 11 is 0. The molecule has 0 unspecified atom stereocenters. The Morgan fingerprint density at radius 1 is 1.14 bits per heavy atom. The number of ether oxygens (including phenoxy) is 1. The van der Waals surface area contributed by atoms with Crippen molar-refractivity contribution < 1.29 is 23.8 Å². The second kappa shape index (κ2) is 7.50. The van der Waals surface area contributed by atoms with E-state index in [4.69, 9.17) is 9.84 Å². The number of carbonyl (C=O) groups is 2. The van der Waals surface area contributed by atoms with Gasteiger partial charge in [0.2, 0.25) is 0 Å². The van der Waals surface area contributed by atoms with E-state index in [1.54, 1.807) is 24.3 Å². The van der Waals surface area contributed by atoms with E-state index in [0.717, 1.165) is 0 Å². The molecule has 1 N–H and O–H groups in total. The van der Waals surface area contributed by atoms with Gasteiger partial charge in [0.25, 0.3) is 5.91 Å². The molecule has 2 aliphatic rings. The first-order valence-electron chi connectivity index (χ1n) is 9.24. The Labute approximate surface area is 166 Å². The largest absolute Gasteiger partial charge is 0.494 e. The Morgan fingerprint density at radius 3 is 2.45 bits per heavy atom. The van der Waals surface area contributed by atoms with E-state index in [-0.39, 0.29) is 29.1 Å². The summed E-state index contributed by atoms with van der Waals surface area (Å²) in [5.74, 6) is -2.00. The van der Waals surface area contributed by atoms with Gasteiger partial charge in [0.05, 0.1) is 30.0 Å². The maximum absolute atomic E-state index is 14.3. The standard InChI is InChI=1S/C22H19FN2O4/c1-29-19-11-8-14(12-18(19)23)20-16-4-2-3-5-17(16)21(26)25(24-20)15-9-6-13(7-10-15)22(27)28/h2-3,6-12,16-17H,4-5H2,1H3,(H,27,28)/t16-,17+/m1/s1. The summed E-state index contributed by atoms with van der Waals surface area (Å²) in [4.78, 5) is 24.2. The average Bonchev–Trinajstić information content (AvgIpc) is 2.74. The van der Waals surface area contributed by atoms with Gasteiger partial charge in [0, 0.05) is 11.5 Å². The van der Waals surface area contributed by atoms with Crippen LogP contribution >= 0.6 is 0 Å². The fourth-order valence-electron chi connectivity index (χ4n) is 3.81. The van der Waals surface area contributed by atoms with E-state index in [1.165, 1.54) is 30.3 Å². The van der Waals surface area contributed by atoms with Gasteiger partial charge in [-0.05, 0) is 55.3 Å². The molecule has 29 heavy (non-hydrogen) atoms. The molecule has 1 amide bonds. The van der Waals surface area contributed by atoms with Gasteiger partial charge in [0.1, 0.15) is 0 Å². The molecule has 0 spiro atoms. The summed E-state index contributed by atoms with van der Waals surface area (Å²) in [6, 6.07) is 10.6. The van der Waals surface area contributed by atoms with Crippen LogP contribution in [0.25, 0.3) is 0 Å². The Balaban J connectivity index is 1.79. The molecule has 0 saturated heterocycles. The van der Waals surface area contributed by atoms with E-state index in [0.29, 0.717) is 29.8 Å². The number of benzene rings is 2. The van der Waals surface area contributed by atoms with Crippen molar-refractivity contribution in [2.45, 2.75) is 12.8 Å². The summed E-state index contributed by atoms with van der Waals surface area (Å²) in [7, 11) is 1.40. The topological polar surface area (TPSA) is 79.2 Å². The number of nitrogens with zero attached hydrogens (tertiary/aromatic N) is 2. The van der Waals surface area contributed by atoms with E-state index >= 15 is 0 Å². The van der Waals surface area contributed by atoms with Crippen molar-refractivity contribution in [2.75, 3.05) is 12.1 Å². The molecular formula is C22H19FN2O4. The van der Waals surface area contributed by atoms with Crippen LogP contribution in [-0.2, 0) is 4.79 Å². The molecule has 0 saturated carbocycles. The zero-order chi connectivity index (χ0) is 20.5. The average molecular weight is 394 g/mol. The van der Waals surface area contributed by atoms with Crippen LogP contribution in [0.5, 0.6) is 5.75 Å². The number of rotatable bonds is 4. The Hall–Kier alpha value is -3.48. The van der Waals surface area contributed by atoms with Crippen molar-refractivity contribution >= 4 is 23.3 Å². The fraction of sp³-hybridized carbons (Fsp3) is 0.227. The van der Waals surface area contributed by atoms with Gasteiger partial charge in [-0.15, -0.1) is 0 Å². The van der Waals surface area contributed by atoms with Crippen LogP contribution in [0.4, 0.5) is 10.1 Å². The quantitative estimate of drug-likeness (QED) is 0.799. The van der Waals surface area contributed by atoms with E-state index < -0.39 is 11.8 Å². The third-order valence-corrected chi connectivity index (χ3v) is 5.32. The molecule has 148 valence electrons. The highest BCUT2D eigenvalue weighted by molar-refractivity contribution is 6.11. The van der Waals surface area contributed by atoms with Gasteiger partial charge in [0.15, 0.2) is 11.6 Å². The molecule has 6 nitrogen and oxygen atoms in total. The number of methoxy groups -OCH3 is 1. The second-order valence-corrected chi connectivity index (χ2v) is 6.99. The predicted molar refractivity (Wildman–Crippen MR) is 106 cm³/mol. The number of fused-ring (bicyclic) bond motifs is 1. The van der Waals surface area contributed by atoms with Gasteiger partial charge >= 0.3 is 5.97 Å². The van der Waals surface area contributed by atoms with Crippen LogP contribution in [0.15, 0.2) is 59.7 Å². The van der Waals surface area contributed by atoms with Crippen LogP contribution in [0.2, 0.25) is 0 Å². The van der Waals surface area contributed by atoms with E-state index in [2.05, 4.69) is 5.10 Å². The van der Waals surface area contributed by atoms with Crippen molar-refractivity contribution in [3.8, 4) is 5.75 Å². The molecule has 0 fully saturated rings. The smallest absolute Gasteiger partial charge is 0.335 e. The van der Waals surface area contributed by atoms with Crippen LogP contribution in [0.3, 0.4) is 0 Å². The van der Waals surface area contributed by atoms with Gasteiger partial charge in [-0.25, -0.2) is 14.2 Å². The molecule has 0 radical (unpaired) electrons. The summed E-state index contributed by atoms with van der Waals surface area (Å²) in [6.07, 6.45) is 5.21. The number of hydrogen-bond donors (Lipinski definition) is 1. The first-order valence-corrected chi connectivity index (χ1v) is 9.24. The lowest BCUT2D eigenvalue weighted by molar-refractivity contribution is -0.123. The molecule has 0 aromatic heterocycles. The first-order chi connectivity index (χ1) is 14.0. The van der Waals surface area contributed by atoms with Gasteiger partial charge in [-0.1, -0.05) is 12.2 Å². The monoisotopic (exact) mass is 394 g/mol. The lowest BCUT2D eigenvalue weighted by Gasteiger charge is -2.36. The molecule has 2 atom stereocenters. The number of carboxylic acids is 1. The Bertz CT molecular complexity index is 1030. The van der Waals surface area contributed by atoms with Crippen LogP contribution in [0, 0.1) is 17.7 Å². The van der Waals surface area contributed by atoms with Crippen molar-refractivity contribution in [1.29, 1.82) is 0 Å². The number of allylic oxidation sites excluding steroid dienone is 2. The zero-order valence-corrected chi connectivity index (χ0v) is 15.7. The third-order valence-electron chi connectivity index (χ3n) is 5.32. The predicted octanol–water partition coefficient (Wildman–Crippen LogP) is 3.87. The van der Waals surface area contributed by atoms with Gasteiger partial charge in [-0.2, -0.15) is 5.10 Å². The molecule has 2 aromatic carbocycles. The van der Waals surface area contributed by atoms with E-state index in [9.17, 15) is 14.0 Å². The minimum Gasteiger partial charge on any atom is -0.494 e. The summed E-state index contributed by atoms with van der Waals surface area (Å²) in [6.45, 7) is 0. The molecule has 1 aliphatic heterocycles. The summed E-state index contributed by atoms with van der Waals surface area (Å²) in [5.41, 5.74) is 1.81. The fourth-order valence-corrected chi connectivity index (χ4v) is 3.81. The molecule has 0 bridgehead atoms. The highest BCUT2D eigenvalue weighted by atomic mass is 19.1. The maximum Gasteiger partial charge on any atom is 0.335 e. The number of hydrazone groups is 1. The Kier molecular flexibility index (Phi) is 4.88. The number of anilines is 1. The number of carbonyl (C=O) groups excluding carboxylic acids is 1. The minimum absolute atomic E-state index is 0.123. The second-order valence-electron chi connectivity index (χ2n) is 6.99.